The molecule has 2 heterocycles. The number of anilines is 2. The number of carbonyl (C=O) groups is 2. The summed E-state index contributed by atoms with van der Waals surface area (Å²) in [5.74, 6) is -0.400. The maximum atomic E-state index is 12.6. The van der Waals surface area contributed by atoms with E-state index in [1.165, 1.54) is 6.07 Å². The van der Waals surface area contributed by atoms with Gasteiger partial charge in [-0.15, -0.1) is 0 Å². The fourth-order valence-corrected chi connectivity index (χ4v) is 3.44. The zero-order valence-corrected chi connectivity index (χ0v) is 18.2. The Labute approximate surface area is 190 Å². The fourth-order valence-electron chi connectivity index (χ4n) is 3.44. The van der Waals surface area contributed by atoms with Crippen molar-refractivity contribution in [1.29, 1.82) is 0 Å². The Kier molecular flexibility index (Phi) is 6.74. The molecule has 1 N–H and O–H groups in total. The molecule has 0 spiro atoms. The number of aromatic nitrogens is 1. The van der Waals surface area contributed by atoms with Crippen LogP contribution in [0.2, 0.25) is 0 Å². The van der Waals surface area contributed by atoms with E-state index in [1.807, 2.05) is 24.3 Å². The third-order valence-corrected chi connectivity index (χ3v) is 4.91. The second-order valence-corrected chi connectivity index (χ2v) is 6.59. The first kappa shape index (κ1) is 21.1. The normalized spacial score (nSPS) is 13.7. The van der Waals surface area contributed by atoms with Crippen molar-refractivity contribution in [2.45, 2.75) is 0 Å². The molecule has 8 heteroatoms. The number of hydrogen-bond donors (Lipinski definition) is 1. The van der Waals surface area contributed by atoms with E-state index in [-0.39, 0.29) is 46.8 Å². The number of carboxylic acids is 1. The average Bonchev–Trinajstić information content (AvgIpc) is 2.73. The number of hydrogen-bond acceptors (Lipinski definition) is 5. The van der Waals surface area contributed by atoms with E-state index >= 15 is 0 Å². The standard InChI is InChI=1S/C21H20N4O3.Na/c26-20(27)17-7-3-4-8-18(17)23-21(28)25-13-11-24(12-14-25)19-16-6-2-1-5-15(16)9-10-22-19;/h1-10H,11-14H2,(H,23,28)(H,26,27);/q;+1/p-1. The number of nitrogens with zero attached hydrogens (tertiary/aromatic N) is 3. The third kappa shape index (κ3) is 4.53. The summed E-state index contributed by atoms with van der Waals surface area (Å²) in [4.78, 5) is 32.1. The first-order valence-electron chi connectivity index (χ1n) is 9.08. The van der Waals surface area contributed by atoms with Gasteiger partial charge >= 0.3 is 35.6 Å². The molecule has 0 radical (unpaired) electrons. The van der Waals surface area contributed by atoms with E-state index in [2.05, 4.69) is 21.3 Å². The molecule has 1 fully saturated rings. The van der Waals surface area contributed by atoms with Gasteiger partial charge in [-0.1, -0.05) is 42.5 Å². The molecule has 142 valence electrons. The van der Waals surface area contributed by atoms with E-state index in [4.69, 9.17) is 0 Å². The number of nitrogens with one attached hydrogen (secondary N) is 1. The number of aromatic carboxylic acids is 1. The molecule has 0 unspecified atom stereocenters. The second kappa shape index (κ2) is 9.26. The monoisotopic (exact) mass is 398 g/mol. The van der Waals surface area contributed by atoms with E-state index in [1.54, 1.807) is 29.3 Å². The van der Waals surface area contributed by atoms with Crippen LogP contribution >= 0.6 is 0 Å². The van der Waals surface area contributed by atoms with Gasteiger partial charge in [-0.25, -0.2) is 9.78 Å². The molecule has 7 nitrogen and oxygen atoms in total. The van der Waals surface area contributed by atoms with Crippen LogP contribution in [0.3, 0.4) is 0 Å². The molecular weight excluding hydrogens is 379 g/mol. The number of benzene rings is 2. The molecule has 2 aromatic carbocycles. The minimum Gasteiger partial charge on any atom is -0.545 e. The Hall–Kier alpha value is -2.61. The number of para-hydroxylation sites is 1. The number of rotatable bonds is 3. The van der Waals surface area contributed by atoms with Crippen LogP contribution in [-0.4, -0.2) is 48.1 Å². The third-order valence-electron chi connectivity index (χ3n) is 4.91. The van der Waals surface area contributed by atoms with Crippen molar-refractivity contribution in [2.75, 3.05) is 36.4 Å². The zero-order valence-electron chi connectivity index (χ0n) is 16.2. The van der Waals surface area contributed by atoms with Crippen molar-refractivity contribution in [3.63, 3.8) is 0 Å². The molecule has 0 saturated carbocycles. The van der Waals surface area contributed by atoms with Gasteiger partial charge in [0, 0.05) is 43.3 Å². The number of carbonyl (C=O) groups excluding carboxylic acids is 2. The van der Waals surface area contributed by atoms with Crippen molar-refractivity contribution < 1.29 is 44.3 Å². The average molecular weight is 398 g/mol. The van der Waals surface area contributed by atoms with Crippen LogP contribution in [0.1, 0.15) is 10.4 Å². The number of urea groups is 1. The summed E-state index contributed by atoms with van der Waals surface area (Å²) in [7, 11) is 0. The van der Waals surface area contributed by atoms with Crippen LogP contribution < -0.4 is 44.9 Å². The summed E-state index contributed by atoms with van der Waals surface area (Å²) >= 11 is 0. The number of fused-ring (bicyclic) bond motifs is 1. The molecule has 1 aliphatic rings. The van der Waals surface area contributed by atoms with Crippen LogP contribution in [0.15, 0.2) is 60.8 Å². The van der Waals surface area contributed by atoms with Gasteiger partial charge in [0.15, 0.2) is 0 Å². The van der Waals surface area contributed by atoms with Crippen molar-refractivity contribution in [1.82, 2.24) is 9.88 Å². The minimum atomic E-state index is -1.32. The Bertz CT molecular complexity index is 1030. The predicted molar refractivity (Wildman–Crippen MR) is 105 cm³/mol. The number of amides is 2. The van der Waals surface area contributed by atoms with E-state index in [9.17, 15) is 14.7 Å². The van der Waals surface area contributed by atoms with Crippen LogP contribution in [0, 0.1) is 0 Å². The Balaban J connectivity index is 0.00000240. The number of pyridine rings is 1. The molecular formula is C21H19N4NaO3. The van der Waals surface area contributed by atoms with E-state index in [0.29, 0.717) is 26.2 Å². The molecule has 0 bridgehead atoms. The molecule has 0 atom stereocenters. The van der Waals surface area contributed by atoms with Crippen molar-refractivity contribution in [3.8, 4) is 0 Å². The first-order chi connectivity index (χ1) is 13.6. The SMILES string of the molecule is O=C([O-])c1ccccc1NC(=O)N1CCN(c2nccc3ccccc23)CC1.[Na+]. The Morgan fingerprint density at radius 1 is 0.931 bits per heavy atom. The molecule has 0 aliphatic carbocycles. The zero-order chi connectivity index (χ0) is 19.5. The van der Waals surface area contributed by atoms with Crippen molar-refractivity contribution in [3.05, 3.63) is 66.4 Å². The van der Waals surface area contributed by atoms with Crippen molar-refractivity contribution >= 4 is 34.3 Å². The van der Waals surface area contributed by atoms with Crippen LogP contribution in [-0.2, 0) is 0 Å². The molecule has 1 saturated heterocycles. The molecule has 3 aromatic rings. The summed E-state index contributed by atoms with van der Waals surface area (Å²) in [6, 6.07) is 16.0. The maximum absolute atomic E-state index is 12.6. The summed E-state index contributed by atoms with van der Waals surface area (Å²) < 4.78 is 0. The Morgan fingerprint density at radius 2 is 1.62 bits per heavy atom. The number of piperazine rings is 1. The number of carboxylic acid groups (broad SMARTS) is 1. The largest absolute Gasteiger partial charge is 1.00 e. The van der Waals surface area contributed by atoms with Crippen LogP contribution in [0.5, 0.6) is 0 Å². The van der Waals surface area contributed by atoms with Gasteiger partial charge in [0.2, 0.25) is 0 Å². The quantitative estimate of drug-likeness (QED) is 0.570. The van der Waals surface area contributed by atoms with Crippen LogP contribution in [0.4, 0.5) is 16.3 Å². The molecule has 4 rings (SSSR count). The van der Waals surface area contributed by atoms with Gasteiger partial charge < -0.3 is 25.0 Å². The molecule has 1 aromatic heterocycles. The summed E-state index contributed by atoms with van der Waals surface area (Å²) in [5.41, 5.74) is 0.208. The van der Waals surface area contributed by atoms with Gasteiger partial charge in [0.1, 0.15) is 5.82 Å². The fraction of sp³-hybridized carbons (Fsp3) is 0.190. The minimum absolute atomic E-state index is 0. The molecule has 1 aliphatic heterocycles. The van der Waals surface area contributed by atoms with Gasteiger partial charge in [-0.05, 0) is 17.5 Å². The molecule has 29 heavy (non-hydrogen) atoms. The van der Waals surface area contributed by atoms with E-state index < -0.39 is 5.97 Å². The van der Waals surface area contributed by atoms with Crippen molar-refractivity contribution in [2.24, 2.45) is 0 Å². The first-order valence-corrected chi connectivity index (χ1v) is 9.08. The van der Waals surface area contributed by atoms with Gasteiger partial charge in [0.25, 0.3) is 0 Å². The van der Waals surface area contributed by atoms with Crippen LogP contribution in [0.25, 0.3) is 10.8 Å². The van der Waals surface area contributed by atoms with Gasteiger partial charge in [-0.2, -0.15) is 0 Å². The summed E-state index contributed by atoms with van der Waals surface area (Å²) in [5, 5.41) is 16.1. The topological polar surface area (TPSA) is 88.6 Å². The summed E-state index contributed by atoms with van der Waals surface area (Å²) in [6.45, 7) is 2.33. The maximum Gasteiger partial charge on any atom is 1.00 e. The second-order valence-electron chi connectivity index (χ2n) is 6.59. The molecule has 2 amide bonds. The van der Waals surface area contributed by atoms with Gasteiger partial charge in [0.05, 0.1) is 11.7 Å². The van der Waals surface area contributed by atoms with E-state index in [0.717, 1.165) is 16.6 Å². The summed E-state index contributed by atoms with van der Waals surface area (Å²) in [6.07, 6.45) is 1.80. The van der Waals surface area contributed by atoms with Gasteiger partial charge in [-0.3, -0.25) is 0 Å². The predicted octanol–water partition coefficient (Wildman–Crippen LogP) is -1.04. The smallest absolute Gasteiger partial charge is 0.545 e. The Morgan fingerprint density at radius 3 is 2.38 bits per heavy atom.